The van der Waals surface area contributed by atoms with Crippen LogP contribution >= 0.6 is 0 Å². The van der Waals surface area contributed by atoms with E-state index in [2.05, 4.69) is 10.3 Å². The number of amides is 1. The molecule has 0 radical (unpaired) electrons. The largest absolute Gasteiger partial charge is 0.507 e. The van der Waals surface area contributed by atoms with Crippen LogP contribution in [0.1, 0.15) is 10.4 Å². The summed E-state index contributed by atoms with van der Waals surface area (Å²) in [5, 5.41) is 11.9. The van der Waals surface area contributed by atoms with Crippen LogP contribution in [-0.4, -0.2) is 16.0 Å². The molecule has 0 fully saturated rings. The second-order valence-corrected chi connectivity index (χ2v) is 3.33. The lowest BCUT2D eigenvalue weighted by atomic mass is 10.2. The minimum Gasteiger partial charge on any atom is -0.507 e. The molecule has 2 N–H and O–H groups in total. The number of benzene rings is 1. The zero-order chi connectivity index (χ0) is 12.3. The molecule has 0 aliphatic rings. The number of hydrogen-bond acceptors (Lipinski definition) is 3. The van der Waals surface area contributed by atoms with Gasteiger partial charge in [-0.2, -0.15) is 0 Å². The molecule has 0 aliphatic heterocycles. The van der Waals surface area contributed by atoms with Crippen LogP contribution in [0, 0.1) is 5.82 Å². The monoisotopic (exact) mass is 232 g/mol. The molecule has 0 atom stereocenters. The number of phenolic OH excluding ortho intramolecular Hbond substituents is 1. The highest BCUT2D eigenvalue weighted by Gasteiger charge is 2.12. The molecule has 17 heavy (non-hydrogen) atoms. The molecule has 0 spiro atoms. The molecule has 1 aromatic carbocycles. The van der Waals surface area contributed by atoms with Crippen molar-refractivity contribution in [1.82, 2.24) is 4.98 Å². The predicted octanol–water partition coefficient (Wildman–Crippen LogP) is 2.18. The van der Waals surface area contributed by atoms with Gasteiger partial charge in [-0.3, -0.25) is 4.79 Å². The van der Waals surface area contributed by atoms with Gasteiger partial charge in [0.2, 0.25) is 0 Å². The van der Waals surface area contributed by atoms with Crippen molar-refractivity contribution < 1.29 is 14.3 Å². The minimum atomic E-state index is -0.600. The van der Waals surface area contributed by atoms with Crippen LogP contribution in [0.3, 0.4) is 0 Å². The molecule has 0 unspecified atom stereocenters. The Hall–Kier alpha value is -2.43. The number of nitrogens with zero attached hydrogens (tertiary/aromatic N) is 1. The van der Waals surface area contributed by atoms with Crippen molar-refractivity contribution >= 4 is 11.7 Å². The summed E-state index contributed by atoms with van der Waals surface area (Å²) in [4.78, 5) is 15.6. The number of anilines is 1. The second kappa shape index (κ2) is 4.61. The predicted molar refractivity (Wildman–Crippen MR) is 60.3 cm³/mol. The maximum absolute atomic E-state index is 12.7. The van der Waals surface area contributed by atoms with E-state index in [1.807, 2.05) is 0 Å². The summed E-state index contributed by atoms with van der Waals surface area (Å²) in [6.45, 7) is 0. The molecule has 0 aliphatic carbocycles. The molecule has 2 rings (SSSR count). The van der Waals surface area contributed by atoms with Crippen molar-refractivity contribution in [2.75, 3.05) is 5.32 Å². The van der Waals surface area contributed by atoms with Crippen molar-refractivity contribution in [2.24, 2.45) is 0 Å². The topological polar surface area (TPSA) is 62.2 Å². The van der Waals surface area contributed by atoms with Gasteiger partial charge in [0.15, 0.2) is 0 Å². The summed E-state index contributed by atoms with van der Waals surface area (Å²) in [7, 11) is 0. The quantitative estimate of drug-likeness (QED) is 0.834. The highest BCUT2D eigenvalue weighted by atomic mass is 19.1. The molecule has 1 heterocycles. The third-order valence-electron chi connectivity index (χ3n) is 2.11. The highest BCUT2D eigenvalue weighted by Crippen LogP contribution is 2.19. The Bertz CT molecular complexity index is 543. The molecule has 5 heteroatoms. The first-order chi connectivity index (χ1) is 8.16. The van der Waals surface area contributed by atoms with Crippen LogP contribution in [-0.2, 0) is 0 Å². The van der Waals surface area contributed by atoms with Gasteiger partial charge in [-0.1, -0.05) is 6.07 Å². The Morgan fingerprint density at radius 1 is 1.29 bits per heavy atom. The van der Waals surface area contributed by atoms with Crippen molar-refractivity contribution in [2.45, 2.75) is 0 Å². The zero-order valence-electron chi connectivity index (χ0n) is 8.72. The molecule has 1 amide bonds. The Labute approximate surface area is 96.7 Å². The van der Waals surface area contributed by atoms with E-state index in [0.29, 0.717) is 5.82 Å². The third-order valence-corrected chi connectivity index (χ3v) is 2.11. The summed E-state index contributed by atoms with van der Waals surface area (Å²) in [6.07, 6.45) is 1.53. The summed E-state index contributed by atoms with van der Waals surface area (Å²) < 4.78 is 12.7. The fraction of sp³-hybridized carbons (Fsp3) is 0. The first-order valence-corrected chi connectivity index (χ1v) is 4.88. The molecule has 2 aromatic rings. The Balaban J connectivity index is 2.21. The van der Waals surface area contributed by atoms with Gasteiger partial charge in [-0.05, 0) is 24.3 Å². The summed E-state index contributed by atoms with van der Waals surface area (Å²) >= 11 is 0. The lowest BCUT2D eigenvalue weighted by molar-refractivity contribution is 0.102. The van der Waals surface area contributed by atoms with Gasteiger partial charge in [-0.15, -0.1) is 0 Å². The van der Waals surface area contributed by atoms with Crippen LogP contribution in [0.4, 0.5) is 10.2 Å². The Morgan fingerprint density at radius 3 is 2.76 bits per heavy atom. The van der Waals surface area contributed by atoms with Crippen LogP contribution in [0.25, 0.3) is 0 Å². The zero-order valence-corrected chi connectivity index (χ0v) is 8.72. The van der Waals surface area contributed by atoms with E-state index in [1.54, 1.807) is 18.2 Å². The van der Waals surface area contributed by atoms with Crippen LogP contribution in [0.5, 0.6) is 5.75 Å². The van der Waals surface area contributed by atoms with Crippen molar-refractivity contribution in [3.8, 4) is 5.75 Å². The maximum Gasteiger partial charge on any atom is 0.260 e. The smallest absolute Gasteiger partial charge is 0.260 e. The van der Waals surface area contributed by atoms with Crippen molar-refractivity contribution in [1.29, 1.82) is 0 Å². The highest BCUT2D eigenvalue weighted by molar-refractivity contribution is 6.05. The summed E-state index contributed by atoms with van der Waals surface area (Å²) in [5.74, 6) is -1.18. The van der Waals surface area contributed by atoms with E-state index in [-0.39, 0.29) is 5.56 Å². The minimum absolute atomic E-state index is 0.00273. The van der Waals surface area contributed by atoms with Crippen LogP contribution in [0.15, 0.2) is 42.6 Å². The van der Waals surface area contributed by atoms with E-state index in [1.165, 1.54) is 12.3 Å². The standard InChI is InChI=1S/C12H9FN2O2/c13-8-4-5-9(10(16)7-8)12(17)15-11-3-1-2-6-14-11/h1-7,16H,(H,14,15,17). The Morgan fingerprint density at radius 2 is 2.12 bits per heavy atom. The first kappa shape index (κ1) is 11.1. The molecule has 1 aromatic heterocycles. The number of nitrogens with one attached hydrogen (secondary N) is 1. The van der Waals surface area contributed by atoms with Gasteiger partial charge in [-0.25, -0.2) is 9.37 Å². The van der Waals surface area contributed by atoms with Gasteiger partial charge in [0, 0.05) is 12.3 Å². The first-order valence-electron chi connectivity index (χ1n) is 4.88. The molecule has 4 nitrogen and oxygen atoms in total. The van der Waals surface area contributed by atoms with Crippen LogP contribution in [0.2, 0.25) is 0 Å². The maximum atomic E-state index is 12.7. The molecule has 86 valence electrons. The van der Waals surface area contributed by atoms with Gasteiger partial charge in [0.1, 0.15) is 17.4 Å². The fourth-order valence-electron chi connectivity index (χ4n) is 1.32. The lowest BCUT2D eigenvalue weighted by Crippen LogP contribution is -2.13. The van der Waals surface area contributed by atoms with Gasteiger partial charge < -0.3 is 10.4 Å². The number of halogens is 1. The second-order valence-electron chi connectivity index (χ2n) is 3.33. The van der Waals surface area contributed by atoms with E-state index < -0.39 is 17.5 Å². The number of carbonyl (C=O) groups excluding carboxylic acids is 1. The normalized spacial score (nSPS) is 9.94. The van der Waals surface area contributed by atoms with Crippen molar-refractivity contribution in [3.05, 3.63) is 54.0 Å². The molecular weight excluding hydrogens is 223 g/mol. The van der Waals surface area contributed by atoms with E-state index in [9.17, 15) is 14.3 Å². The third kappa shape index (κ3) is 2.57. The summed E-state index contributed by atoms with van der Waals surface area (Å²) in [6, 6.07) is 8.24. The van der Waals surface area contributed by atoms with Gasteiger partial charge in [0.25, 0.3) is 5.91 Å². The average molecular weight is 232 g/mol. The van der Waals surface area contributed by atoms with Crippen LogP contribution < -0.4 is 5.32 Å². The Kier molecular flexibility index (Phi) is 3.00. The molecular formula is C12H9FN2O2. The van der Waals surface area contributed by atoms with E-state index >= 15 is 0 Å². The number of hydrogen-bond donors (Lipinski definition) is 2. The van der Waals surface area contributed by atoms with Gasteiger partial charge >= 0.3 is 0 Å². The van der Waals surface area contributed by atoms with E-state index in [4.69, 9.17) is 0 Å². The lowest BCUT2D eigenvalue weighted by Gasteiger charge is -2.05. The van der Waals surface area contributed by atoms with E-state index in [0.717, 1.165) is 12.1 Å². The number of rotatable bonds is 2. The SMILES string of the molecule is O=C(Nc1ccccn1)c1ccc(F)cc1O. The average Bonchev–Trinajstić information content (AvgIpc) is 2.30. The summed E-state index contributed by atoms with van der Waals surface area (Å²) in [5.41, 5.74) is -0.00273. The fourth-order valence-corrected chi connectivity index (χ4v) is 1.32. The van der Waals surface area contributed by atoms with Crippen molar-refractivity contribution in [3.63, 3.8) is 0 Å². The number of phenols is 1. The number of aromatic hydroxyl groups is 1. The number of carbonyl (C=O) groups is 1. The molecule has 0 saturated heterocycles. The van der Waals surface area contributed by atoms with Gasteiger partial charge in [0.05, 0.1) is 5.56 Å². The molecule has 0 bridgehead atoms. The molecule has 0 saturated carbocycles. The number of aromatic nitrogens is 1. The number of pyridine rings is 1.